The van der Waals surface area contributed by atoms with Gasteiger partial charge in [-0.25, -0.2) is 8.91 Å². The maximum Gasteiger partial charge on any atom is 0.251 e. The molecule has 0 radical (unpaired) electrons. The Kier molecular flexibility index (Phi) is 3.79. The molecule has 5 nitrogen and oxygen atoms in total. The van der Waals surface area contributed by atoms with Gasteiger partial charge in [-0.05, 0) is 43.6 Å². The Balaban J connectivity index is 1.83. The number of piperidine rings is 1. The minimum absolute atomic E-state index is 0.152. The number of aromatic amines is 1. The molecular formula is C21H19FN4O. The number of halogens is 1. The molecular weight excluding hydrogens is 343 g/mol. The maximum absolute atomic E-state index is 14.5. The number of nitrogens with one attached hydrogen (secondary N) is 2. The SMILES string of the molecule is O=c1cc(C2CCNCC2)n2nc3cccc(-c4ccccc4F)c3c2[nH]1. The van der Waals surface area contributed by atoms with Gasteiger partial charge in [0.25, 0.3) is 5.56 Å². The lowest BCUT2D eigenvalue weighted by Crippen LogP contribution is -2.28. The van der Waals surface area contributed by atoms with E-state index in [1.807, 2.05) is 28.8 Å². The molecule has 0 saturated carbocycles. The maximum atomic E-state index is 14.5. The van der Waals surface area contributed by atoms with E-state index in [-0.39, 0.29) is 17.3 Å². The molecule has 2 aromatic heterocycles. The van der Waals surface area contributed by atoms with E-state index < -0.39 is 0 Å². The molecule has 0 spiro atoms. The predicted octanol–water partition coefficient (Wildman–Crippen LogP) is 3.45. The molecule has 4 aromatic rings. The number of nitrogens with zero attached hydrogens (tertiary/aromatic N) is 2. The first-order valence-electron chi connectivity index (χ1n) is 9.22. The summed E-state index contributed by atoms with van der Waals surface area (Å²) in [5.41, 5.74) is 3.38. The molecule has 1 aliphatic rings. The second kappa shape index (κ2) is 6.32. The first-order valence-corrected chi connectivity index (χ1v) is 9.22. The van der Waals surface area contributed by atoms with Crippen LogP contribution in [0.1, 0.15) is 24.5 Å². The van der Waals surface area contributed by atoms with Gasteiger partial charge >= 0.3 is 0 Å². The Morgan fingerprint density at radius 3 is 2.63 bits per heavy atom. The number of aromatic nitrogens is 3. The summed E-state index contributed by atoms with van der Waals surface area (Å²) >= 11 is 0. The molecule has 0 atom stereocenters. The minimum atomic E-state index is -0.291. The van der Waals surface area contributed by atoms with Gasteiger partial charge in [0.05, 0.1) is 16.6 Å². The van der Waals surface area contributed by atoms with Crippen LogP contribution in [0.4, 0.5) is 4.39 Å². The third-order valence-electron chi connectivity index (χ3n) is 5.39. The topological polar surface area (TPSA) is 62.2 Å². The van der Waals surface area contributed by atoms with Crippen LogP contribution < -0.4 is 10.9 Å². The van der Waals surface area contributed by atoms with Crippen molar-refractivity contribution in [2.75, 3.05) is 13.1 Å². The molecule has 1 fully saturated rings. The van der Waals surface area contributed by atoms with Crippen molar-refractivity contribution in [1.82, 2.24) is 19.9 Å². The van der Waals surface area contributed by atoms with Crippen molar-refractivity contribution in [3.05, 3.63) is 70.4 Å². The molecule has 27 heavy (non-hydrogen) atoms. The van der Waals surface area contributed by atoms with Crippen LogP contribution in [0.5, 0.6) is 0 Å². The molecule has 6 heteroatoms. The van der Waals surface area contributed by atoms with Crippen LogP contribution in [0, 0.1) is 5.82 Å². The van der Waals surface area contributed by atoms with Crippen molar-refractivity contribution in [3.8, 4) is 11.1 Å². The van der Waals surface area contributed by atoms with E-state index in [4.69, 9.17) is 5.10 Å². The van der Waals surface area contributed by atoms with Crippen molar-refractivity contribution in [1.29, 1.82) is 0 Å². The quantitative estimate of drug-likeness (QED) is 0.574. The normalized spacial score (nSPS) is 15.6. The molecule has 0 bridgehead atoms. The van der Waals surface area contributed by atoms with Gasteiger partial charge in [-0.1, -0.05) is 30.3 Å². The average Bonchev–Trinajstić information content (AvgIpc) is 3.07. The smallest absolute Gasteiger partial charge is 0.251 e. The summed E-state index contributed by atoms with van der Waals surface area (Å²) in [6.45, 7) is 1.86. The van der Waals surface area contributed by atoms with Gasteiger partial charge < -0.3 is 10.3 Å². The first-order chi connectivity index (χ1) is 13.2. The molecule has 0 aliphatic carbocycles. The summed E-state index contributed by atoms with van der Waals surface area (Å²) in [6, 6.07) is 14.0. The van der Waals surface area contributed by atoms with E-state index in [2.05, 4.69) is 10.3 Å². The van der Waals surface area contributed by atoms with Crippen LogP contribution in [0.3, 0.4) is 0 Å². The van der Waals surface area contributed by atoms with E-state index in [9.17, 15) is 9.18 Å². The highest BCUT2D eigenvalue weighted by atomic mass is 19.1. The highest BCUT2D eigenvalue weighted by molar-refractivity contribution is 6.04. The third-order valence-corrected chi connectivity index (χ3v) is 5.39. The second-order valence-corrected chi connectivity index (χ2v) is 7.02. The summed E-state index contributed by atoms with van der Waals surface area (Å²) in [5, 5.41) is 8.88. The molecule has 2 N–H and O–H groups in total. The Bertz CT molecular complexity index is 1200. The fourth-order valence-electron chi connectivity index (χ4n) is 4.10. The molecule has 136 valence electrons. The van der Waals surface area contributed by atoms with Crippen LogP contribution in [-0.2, 0) is 0 Å². The molecule has 1 saturated heterocycles. The summed E-state index contributed by atoms with van der Waals surface area (Å²) in [4.78, 5) is 15.3. The minimum Gasteiger partial charge on any atom is -0.317 e. The van der Waals surface area contributed by atoms with Crippen molar-refractivity contribution < 1.29 is 4.39 Å². The highest BCUT2D eigenvalue weighted by Crippen LogP contribution is 2.34. The van der Waals surface area contributed by atoms with Crippen LogP contribution in [0.15, 0.2) is 53.3 Å². The lowest BCUT2D eigenvalue weighted by atomic mass is 9.94. The first kappa shape index (κ1) is 16.2. The van der Waals surface area contributed by atoms with Crippen molar-refractivity contribution >= 4 is 16.6 Å². The number of hydrogen-bond donors (Lipinski definition) is 2. The molecule has 1 aliphatic heterocycles. The number of rotatable bonds is 2. The zero-order chi connectivity index (χ0) is 18.4. The molecule has 5 rings (SSSR count). The van der Waals surface area contributed by atoms with Gasteiger partial charge in [-0.2, -0.15) is 5.10 Å². The highest BCUT2D eigenvalue weighted by Gasteiger charge is 2.22. The standard InChI is InChI=1S/C21H19FN4O/c22-16-6-2-1-4-14(16)15-5-3-7-17-20(15)21-24-19(27)12-18(26(21)25-17)13-8-10-23-11-9-13/h1-7,12-13,23H,8-11H2,(H,24,27). The Labute approximate surface area is 154 Å². The molecule has 0 amide bonds. The Morgan fingerprint density at radius 2 is 1.81 bits per heavy atom. The van der Waals surface area contributed by atoms with Gasteiger partial charge in [0, 0.05) is 17.5 Å². The average molecular weight is 362 g/mol. The lowest BCUT2D eigenvalue weighted by Gasteiger charge is -2.23. The van der Waals surface area contributed by atoms with Crippen LogP contribution in [-0.4, -0.2) is 27.7 Å². The van der Waals surface area contributed by atoms with E-state index in [0.29, 0.717) is 11.2 Å². The zero-order valence-electron chi connectivity index (χ0n) is 14.7. The summed E-state index contributed by atoms with van der Waals surface area (Å²) in [6.07, 6.45) is 1.93. The van der Waals surface area contributed by atoms with Crippen molar-refractivity contribution in [2.24, 2.45) is 0 Å². The number of benzene rings is 2. The van der Waals surface area contributed by atoms with E-state index in [1.54, 1.807) is 18.2 Å². The summed E-state index contributed by atoms with van der Waals surface area (Å²) in [7, 11) is 0. The van der Waals surface area contributed by atoms with Gasteiger partial charge in [-0.3, -0.25) is 4.79 Å². The fraction of sp³-hybridized carbons (Fsp3) is 0.238. The fourth-order valence-corrected chi connectivity index (χ4v) is 4.10. The third kappa shape index (κ3) is 2.64. The van der Waals surface area contributed by atoms with Crippen LogP contribution >= 0.6 is 0 Å². The van der Waals surface area contributed by atoms with E-state index in [0.717, 1.165) is 48.1 Å². The van der Waals surface area contributed by atoms with Gasteiger partial charge in [0.2, 0.25) is 0 Å². The predicted molar refractivity (Wildman–Crippen MR) is 104 cm³/mol. The van der Waals surface area contributed by atoms with Crippen molar-refractivity contribution in [2.45, 2.75) is 18.8 Å². The van der Waals surface area contributed by atoms with Crippen LogP contribution in [0.2, 0.25) is 0 Å². The molecule has 2 aromatic carbocycles. The van der Waals surface area contributed by atoms with E-state index >= 15 is 0 Å². The van der Waals surface area contributed by atoms with Gasteiger partial charge in [0.1, 0.15) is 11.5 Å². The van der Waals surface area contributed by atoms with Crippen LogP contribution in [0.25, 0.3) is 27.7 Å². The monoisotopic (exact) mass is 362 g/mol. The molecule has 3 heterocycles. The lowest BCUT2D eigenvalue weighted by molar-refractivity contribution is 0.446. The Hall–Kier alpha value is -2.99. The number of H-pyrrole nitrogens is 1. The van der Waals surface area contributed by atoms with Gasteiger partial charge in [0.15, 0.2) is 0 Å². The Morgan fingerprint density at radius 1 is 1.04 bits per heavy atom. The second-order valence-electron chi connectivity index (χ2n) is 7.02. The number of hydrogen-bond acceptors (Lipinski definition) is 3. The van der Waals surface area contributed by atoms with E-state index in [1.165, 1.54) is 6.07 Å². The summed E-state index contributed by atoms with van der Waals surface area (Å²) in [5.74, 6) is -0.0107. The largest absolute Gasteiger partial charge is 0.317 e. The van der Waals surface area contributed by atoms with Gasteiger partial charge in [-0.15, -0.1) is 0 Å². The van der Waals surface area contributed by atoms with Crippen molar-refractivity contribution in [3.63, 3.8) is 0 Å². The molecule has 0 unspecified atom stereocenters. The summed E-state index contributed by atoms with van der Waals surface area (Å²) < 4.78 is 16.3. The zero-order valence-corrected chi connectivity index (χ0v) is 14.7. The number of fused-ring (bicyclic) bond motifs is 3.